The van der Waals surface area contributed by atoms with E-state index in [1.54, 1.807) is 13.2 Å². The van der Waals surface area contributed by atoms with Crippen LogP contribution in [0.3, 0.4) is 0 Å². The summed E-state index contributed by atoms with van der Waals surface area (Å²) in [6.45, 7) is 3.34. The Morgan fingerprint density at radius 1 is 1.45 bits per heavy atom. The van der Waals surface area contributed by atoms with Crippen LogP contribution in [-0.2, 0) is 4.74 Å². The number of hydrogen-bond acceptors (Lipinski definition) is 5. The zero-order valence-corrected chi connectivity index (χ0v) is 12.2. The highest BCUT2D eigenvalue weighted by Crippen LogP contribution is 2.39. The number of methoxy groups -OCH3 is 2. The molecule has 1 saturated heterocycles. The Morgan fingerprint density at radius 3 is 2.70 bits per heavy atom. The standard InChI is InChI=1S/C13H17ClN2O4/c1-19-4-3-15-7-9(8-15)10-5-13(20-2)12(16(17)18)6-11(10)14/h5-6,9H,3-4,7-8H2,1-2H3. The van der Waals surface area contributed by atoms with Gasteiger partial charge in [0.1, 0.15) is 0 Å². The van der Waals surface area contributed by atoms with Crippen molar-refractivity contribution in [3.05, 3.63) is 32.8 Å². The fourth-order valence-electron chi connectivity index (χ4n) is 2.35. The Balaban J connectivity index is 2.12. The Bertz CT molecular complexity index is 503. The van der Waals surface area contributed by atoms with Gasteiger partial charge in [-0.1, -0.05) is 11.6 Å². The lowest BCUT2D eigenvalue weighted by atomic mass is 9.91. The van der Waals surface area contributed by atoms with Gasteiger partial charge in [-0.25, -0.2) is 0 Å². The van der Waals surface area contributed by atoms with Crippen molar-refractivity contribution in [3.63, 3.8) is 0 Å². The number of benzene rings is 1. The van der Waals surface area contributed by atoms with Gasteiger partial charge >= 0.3 is 5.69 Å². The van der Waals surface area contributed by atoms with Gasteiger partial charge in [0, 0.05) is 38.7 Å². The predicted molar refractivity (Wildman–Crippen MR) is 75.7 cm³/mol. The molecule has 6 nitrogen and oxygen atoms in total. The molecule has 0 spiro atoms. The number of nitro groups is 1. The Labute approximate surface area is 122 Å². The molecule has 0 N–H and O–H groups in total. The van der Waals surface area contributed by atoms with Crippen LogP contribution >= 0.6 is 11.6 Å². The van der Waals surface area contributed by atoms with Gasteiger partial charge in [0.2, 0.25) is 0 Å². The number of halogens is 1. The van der Waals surface area contributed by atoms with E-state index in [0.29, 0.717) is 11.6 Å². The second-order valence-electron chi connectivity index (χ2n) is 4.75. The van der Waals surface area contributed by atoms with Gasteiger partial charge in [-0.2, -0.15) is 0 Å². The molecule has 0 aromatic heterocycles. The average Bonchev–Trinajstić information content (AvgIpc) is 2.37. The average molecular weight is 301 g/mol. The monoisotopic (exact) mass is 300 g/mol. The van der Waals surface area contributed by atoms with Crippen molar-refractivity contribution < 1.29 is 14.4 Å². The van der Waals surface area contributed by atoms with Gasteiger partial charge in [0.05, 0.1) is 23.7 Å². The molecule has 0 unspecified atom stereocenters. The zero-order valence-electron chi connectivity index (χ0n) is 11.5. The second kappa shape index (κ2) is 6.39. The van der Waals surface area contributed by atoms with Crippen molar-refractivity contribution in [2.75, 3.05) is 40.5 Å². The molecular formula is C13H17ClN2O4. The first kappa shape index (κ1) is 15.0. The van der Waals surface area contributed by atoms with Crippen LogP contribution in [0.25, 0.3) is 0 Å². The number of nitrogens with zero attached hydrogens (tertiary/aromatic N) is 2. The number of nitro benzene ring substituents is 1. The second-order valence-corrected chi connectivity index (χ2v) is 5.16. The van der Waals surface area contributed by atoms with Crippen LogP contribution in [0.4, 0.5) is 5.69 Å². The van der Waals surface area contributed by atoms with Crippen molar-refractivity contribution in [1.82, 2.24) is 4.90 Å². The molecule has 0 atom stereocenters. The maximum absolute atomic E-state index is 10.9. The highest BCUT2D eigenvalue weighted by molar-refractivity contribution is 6.31. The summed E-state index contributed by atoms with van der Waals surface area (Å²) in [5.41, 5.74) is 0.805. The fourth-order valence-corrected chi connectivity index (χ4v) is 2.66. The van der Waals surface area contributed by atoms with Gasteiger partial charge in [-0.15, -0.1) is 0 Å². The normalized spacial score (nSPS) is 15.9. The van der Waals surface area contributed by atoms with Crippen molar-refractivity contribution in [2.45, 2.75) is 5.92 Å². The molecule has 0 bridgehead atoms. The number of likely N-dealkylation sites (tertiary alicyclic amines) is 1. The van der Waals surface area contributed by atoms with Gasteiger partial charge in [-0.3, -0.25) is 15.0 Å². The first-order valence-electron chi connectivity index (χ1n) is 6.30. The van der Waals surface area contributed by atoms with Crippen molar-refractivity contribution in [1.29, 1.82) is 0 Å². The molecule has 0 radical (unpaired) electrons. The molecule has 2 rings (SSSR count). The SMILES string of the molecule is COCCN1CC(c2cc(OC)c([N+](=O)[O-])cc2Cl)C1. The maximum atomic E-state index is 10.9. The van der Waals surface area contributed by atoms with E-state index in [9.17, 15) is 10.1 Å². The molecule has 1 aromatic rings. The molecule has 7 heteroatoms. The largest absolute Gasteiger partial charge is 0.490 e. The molecular weight excluding hydrogens is 284 g/mol. The van der Waals surface area contributed by atoms with Gasteiger partial charge in [0.15, 0.2) is 5.75 Å². The first-order valence-corrected chi connectivity index (χ1v) is 6.67. The summed E-state index contributed by atoms with van der Waals surface area (Å²) >= 11 is 6.16. The van der Waals surface area contributed by atoms with E-state index in [1.165, 1.54) is 13.2 Å². The van der Waals surface area contributed by atoms with Gasteiger partial charge in [0.25, 0.3) is 0 Å². The minimum Gasteiger partial charge on any atom is -0.490 e. The summed E-state index contributed by atoms with van der Waals surface area (Å²) in [4.78, 5) is 12.7. The smallest absolute Gasteiger partial charge is 0.312 e. The molecule has 0 amide bonds. The molecule has 1 aromatic carbocycles. The summed E-state index contributed by atoms with van der Waals surface area (Å²) < 4.78 is 10.1. The van der Waals surface area contributed by atoms with Gasteiger partial charge < -0.3 is 9.47 Å². The van der Waals surface area contributed by atoms with Crippen molar-refractivity contribution in [3.8, 4) is 5.75 Å². The van der Waals surface area contributed by atoms with E-state index >= 15 is 0 Å². The first-order chi connectivity index (χ1) is 9.56. The fraction of sp³-hybridized carbons (Fsp3) is 0.538. The quantitative estimate of drug-likeness (QED) is 0.596. The lowest BCUT2D eigenvalue weighted by Gasteiger charge is -2.39. The molecule has 110 valence electrons. The number of rotatable bonds is 6. The molecule has 1 aliphatic rings. The van der Waals surface area contributed by atoms with Crippen LogP contribution in [0.15, 0.2) is 12.1 Å². The van der Waals surface area contributed by atoms with E-state index in [-0.39, 0.29) is 17.4 Å². The lowest BCUT2D eigenvalue weighted by Crippen LogP contribution is -2.46. The van der Waals surface area contributed by atoms with E-state index in [0.717, 1.165) is 25.2 Å². The van der Waals surface area contributed by atoms with E-state index < -0.39 is 4.92 Å². The van der Waals surface area contributed by atoms with Crippen LogP contribution < -0.4 is 4.74 Å². The highest BCUT2D eigenvalue weighted by atomic mass is 35.5. The third kappa shape index (κ3) is 3.03. The summed E-state index contributed by atoms with van der Waals surface area (Å²) in [7, 11) is 3.10. The third-order valence-corrected chi connectivity index (χ3v) is 3.83. The molecule has 0 aliphatic carbocycles. The minimum atomic E-state index is -0.486. The maximum Gasteiger partial charge on any atom is 0.312 e. The van der Waals surface area contributed by atoms with E-state index in [2.05, 4.69) is 4.90 Å². The number of ether oxygens (including phenoxy) is 2. The van der Waals surface area contributed by atoms with Crippen LogP contribution in [0.5, 0.6) is 5.75 Å². The summed E-state index contributed by atoms with van der Waals surface area (Å²) in [6.07, 6.45) is 0. The molecule has 1 aliphatic heterocycles. The van der Waals surface area contributed by atoms with E-state index in [1.807, 2.05) is 0 Å². The van der Waals surface area contributed by atoms with Gasteiger partial charge in [-0.05, 0) is 11.6 Å². The lowest BCUT2D eigenvalue weighted by molar-refractivity contribution is -0.385. The van der Waals surface area contributed by atoms with Crippen LogP contribution in [-0.4, -0.2) is 50.3 Å². The predicted octanol–water partition coefficient (Wildman–Crippen LogP) is 2.30. The Hall–Kier alpha value is -1.37. The molecule has 1 fully saturated rings. The van der Waals surface area contributed by atoms with Crippen molar-refractivity contribution >= 4 is 17.3 Å². The minimum absolute atomic E-state index is 0.100. The number of hydrogen-bond donors (Lipinski definition) is 0. The van der Waals surface area contributed by atoms with E-state index in [4.69, 9.17) is 21.1 Å². The Kier molecular flexibility index (Phi) is 4.80. The van der Waals surface area contributed by atoms with Crippen LogP contribution in [0.1, 0.15) is 11.5 Å². The van der Waals surface area contributed by atoms with Crippen molar-refractivity contribution in [2.24, 2.45) is 0 Å². The molecule has 1 heterocycles. The summed E-state index contributed by atoms with van der Waals surface area (Å²) in [5.74, 6) is 0.541. The summed E-state index contributed by atoms with van der Waals surface area (Å²) in [6, 6.07) is 3.05. The highest BCUT2D eigenvalue weighted by Gasteiger charge is 2.31. The summed E-state index contributed by atoms with van der Waals surface area (Å²) in [5, 5.41) is 11.3. The van der Waals surface area contributed by atoms with Crippen LogP contribution in [0.2, 0.25) is 5.02 Å². The third-order valence-electron chi connectivity index (χ3n) is 3.50. The topological polar surface area (TPSA) is 64.8 Å². The Morgan fingerprint density at radius 2 is 2.15 bits per heavy atom. The molecule has 20 heavy (non-hydrogen) atoms. The molecule has 0 saturated carbocycles. The van der Waals surface area contributed by atoms with Crippen LogP contribution in [0, 0.1) is 10.1 Å². The zero-order chi connectivity index (χ0) is 14.7.